The summed E-state index contributed by atoms with van der Waals surface area (Å²) in [7, 11) is 1.55. The van der Waals surface area contributed by atoms with Crippen LogP contribution in [0, 0.1) is 13.8 Å². The Bertz CT molecular complexity index is 1350. The highest BCUT2D eigenvalue weighted by Gasteiger charge is 2.34. The predicted octanol–water partition coefficient (Wildman–Crippen LogP) is 3.63. The number of carboxylic acid groups (broad SMARTS) is 1. The van der Waals surface area contributed by atoms with Crippen LogP contribution in [-0.4, -0.2) is 39.7 Å². The molecular weight excluding hydrogens is 454 g/mol. The van der Waals surface area contributed by atoms with Crippen LogP contribution in [0.1, 0.15) is 27.3 Å². The van der Waals surface area contributed by atoms with Gasteiger partial charge in [-0.3, -0.25) is 19.8 Å². The van der Waals surface area contributed by atoms with Gasteiger partial charge in [0.2, 0.25) is 0 Å². The van der Waals surface area contributed by atoms with E-state index in [-0.39, 0.29) is 16.2 Å². The van der Waals surface area contributed by atoms with Crippen molar-refractivity contribution in [2.45, 2.75) is 13.8 Å². The van der Waals surface area contributed by atoms with E-state index in [0.29, 0.717) is 17.0 Å². The summed E-state index contributed by atoms with van der Waals surface area (Å²) in [5.74, 6) is -1.48. The molecule has 172 valence electrons. The lowest BCUT2D eigenvalue weighted by atomic mass is 10.1. The summed E-state index contributed by atoms with van der Waals surface area (Å²) in [5, 5.41) is 11.7. The van der Waals surface area contributed by atoms with Crippen LogP contribution in [0.15, 0.2) is 60.2 Å². The summed E-state index contributed by atoms with van der Waals surface area (Å²) >= 11 is 5.25. The van der Waals surface area contributed by atoms with Crippen LogP contribution in [0.25, 0.3) is 11.8 Å². The summed E-state index contributed by atoms with van der Waals surface area (Å²) in [5.41, 5.74) is 3.74. The van der Waals surface area contributed by atoms with E-state index in [0.717, 1.165) is 17.1 Å². The molecule has 0 bridgehead atoms. The number of rotatable bonds is 5. The first kappa shape index (κ1) is 22.9. The third kappa shape index (κ3) is 4.08. The van der Waals surface area contributed by atoms with Crippen molar-refractivity contribution in [3.63, 3.8) is 0 Å². The summed E-state index contributed by atoms with van der Waals surface area (Å²) in [6, 6.07) is 15.1. The Hall–Kier alpha value is -4.24. The Balaban J connectivity index is 1.72. The third-order valence-electron chi connectivity index (χ3n) is 5.57. The number of ether oxygens (including phenoxy) is 1. The average molecular weight is 476 g/mol. The van der Waals surface area contributed by atoms with E-state index in [1.165, 1.54) is 17.0 Å². The minimum atomic E-state index is -1.00. The van der Waals surface area contributed by atoms with Gasteiger partial charge in [-0.25, -0.2) is 4.79 Å². The predicted molar refractivity (Wildman–Crippen MR) is 131 cm³/mol. The summed E-state index contributed by atoms with van der Waals surface area (Å²) in [6.45, 7) is 3.75. The molecule has 0 saturated carbocycles. The van der Waals surface area contributed by atoms with E-state index in [2.05, 4.69) is 5.32 Å². The molecule has 1 saturated heterocycles. The lowest BCUT2D eigenvalue weighted by Gasteiger charge is -2.29. The van der Waals surface area contributed by atoms with Crippen LogP contribution < -0.4 is 15.0 Å². The molecule has 2 aromatic carbocycles. The number of nitrogens with one attached hydrogen (secondary N) is 1. The van der Waals surface area contributed by atoms with Gasteiger partial charge >= 0.3 is 5.97 Å². The number of thiocarbonyl (C=S) groups is 1. The molecule has 1 aliphatic heterocycles. The van der Waals surface area contributed by atoms with E-state index in [9.17, 15) is 14.4 Å². The molecule has 1 fully saturated rings. The zero-order chi connectivity index (χ0) is 24.6. The first-order valence-corrected chi connectivity index (χ1v) is 10.7. The Morgan fingerprint density at radius 3 is 2.24 bits per heavy atom. The summed E-state index contributed by atoms with van der Waals surface area (Å²) < 4.78 is 7.09. The molecule has 3 aromatic rings. The van der Waals surface area contributed by atoms with Crippen LogP contribution in [0.3, 0.4) is 0 Å². The monoisotopic (exact) mass is 475 g/mol. The second-order valence-electron chi connectivity index (χ2n) is 7.67. The molecule has 2 heterocycles. The Morgan fingerprint density at radius 2 is 1.65 bits per heavy atom. The van der Waals surface area contributed by atoms with Crippen molar-refractivity contribution in [3.05, 3.63) is 82.7 Å². The molecule has 9 heteroatoms. The fraction of sp³-hybridized carbons (Fsp3) is 0.120. The van der Waals surface area contributed by atoms with Gasteiger partial charge < -0.3 is 14.4 Å². The van der Waals surface area contributed by atoms with Gasteiger partial charge in [0.1, 0.15) is 11.3 Å². The van der Waals surface area contributed by atoms with Crippen LogP contribution >= 0.6 is 12.2 Å². The minimum Gasteiger partial charge on any atom is -0.497 e. The van der Waals surface area contributed by atoms with Gasteiger partial charge in [0.15, 0.2) is 5.11 Å². The molecule has 1 aliphatic rings. The number of aromatic nitrogens is 1. The van der Waals surface area contributed by atoms with Gasteiger partial charge in [-0.1, -0.05) is 0 Å². The number of hydrogen-bond donors (Lipinski definition) is 2. The van der Waals surface area contributed by atoms with Gasteiger partial charge in [-0.2, -0.15) is 0 Å². The smallest absolute Gasteiger partial charge is 0.335 e. The van der Waals surface area contributed by atoms with Gasteiger partial charge in [0.05, 0.1) is 18.4 Å². The molecular formula is C25H21N3O5S. The van der Waals surface area contributed by atoms with E-state index in [4.69, 9.17) is 22.1 Å². The number of benzene rings is 2. The number of hydrogen-bond acceptors (Lipinski definition) is 5. The lowest BCUT2D eigenvalue weighted by molar-refractivity contribution is -0.122. The van der Waals surface area contributed by atoms with E-state index in [1.54, 1.807) is 49.6 Å². The van der Waals surface area contributed by atoms with Crippen LogP contribution in [-0.2, 0) is 9.59 Å². The molecule has 4 rings (SSSR count). The molecule has 0 unspecified atom stereocenters. The molecule has 2 N–H and O–H groups in total. The number of carbonyl (C=O) groups excluding carboxylic acids is 2. The molecule has 8 nitrogen and oxygen atoms in total. The molecule has 0 radical (unpaired) electrons. The maximum Gasteiger partial charge on any atom is 0.335 e. The fourth-order valence-electron chi connectivity index (χ4n) is 3.86. The van der Waals surface area contributed by atoms with Crippen molar-refractivity contribution in [3.8, 4) is 11.4 Å². The number of aryl methyl sites for hydroxylation is 1. The van der Waals surface area contributed by atoms with Crippen molar-refractivity contribution < 1.29 is 24.2 Å². The number of methoxy groups -OCH3 is 1. The molecule has 1 aromatic heterocycles. The summed E-state index contributed by atoms with van der Waals surface area (Å²) in [6.07, 6.45) is 1.54. The second kappa shape index (κ2) is 8.95. The largest absolute Gasteiger partial charge is 0.497 e. The zero-order valence-electron chi connectivity index (χ0n) is 18.7. The molecule has 0 aliphatic carbocycles. The van der Waals surface area contributed by atoms with Crippen molar-refractivity contribution in [2.24, 2.45) is 0 Å². The zero-order valence-corrected chi connectivity index (χ0v) is 19.5. The SMILES string of the molecule is COc1ccc(N2C(=O)/C(=C/c3cc(C)n(-c4ccc(C(=O)O)cc4)c3C)C(=O)NC2=S)cc1. The first-order valence-electron chi connectivity index (χ1n) is 10.3. The normalized spacial score (nSPS) is 15.0. The van der Waals surface area contributed by atoms with Gasteiger partial charge in [-0.15, -0.1) is 0 Å². The quantitative estimate of drug-likeness (QED) is 0.332. The van der Waals surface area contributed by atoms with Crippen molar-refractivity contribution in [1.29, 1.82) is 0 Å². The lowest BCUT2D eigenvalue weighted by Crippen LogP contribution is -2.54. The van der Waals surface area contributed by atoms with Gasteiger partial charge in [0, 0.05) is 17.1 Å². The number of carbonyl (C=O) groups is 3. The number of aromatic carboxylic acids is 1. The van der Waals surface area contributed by atoms with Gasteiger partial charge in [-0.05, 0) is 92.3 Å². The molecule has 2 amide bonds. The minimum absolute atomic E-state index is 0.00121. The molecule has 0 spiro atoms. The summed E-state index contributed by atoms with van der Waals surface area (Å²) in [4.78, 5) is 38.4. The van der Waals surface area contributed by atoms with E-state index < -0.39 is 17.8 Å². The Morgan fingerprint density at radius 1 is 1.03 bits per heavy atom. The maximum absolute atomic E-state index is 13.3. The van der Waals surface area contributed by atoms with E-state index >= 15 is 0 Å². The van der Waals surface area contributed by atoms with Crippen LogP contribution in [0.4, 0.5) is 5.69 Å². The first-order chi connectivity index (χ1) is 16.2. The number of nitrogens with zero attached hydrogens (tertiary/aromatic N) is 2. The molecule has 0 atom stereocenters. The number of anilines is 1. The topological polar surface area (TPSA) is 101 Å². The van der Waals surface area contributed by atoms with Crippen molar-refractivity contribution in [1.82, 2.24) is 9.88 Å². The maximum atomic E-state index is 13.3. The van der Waals surface area contributed by atoms with Crippen LogP contribution in [0.5, 0.6) is 5.75 Å². The fourth-order valence-corrected chi connectivity index (χ4v) is 4.14. The highest BCUT2D eigenvalue weighted by molar-refractivity contribution is 7.80. The highest BCUT2D eigenvalue weighted by atomic mass is 32.1. The third-order valence-corrected chi connectivity index (χ3v) is 5.86. The van der Waals surface area contributed by atoms with Gasteiger partial charge in [0.25, 0.3) is 11.8 Å². The highest BCUT2D eigenvalue weighted by Crippen LogP contribution is 2.27. The average Bonchev–Trinajstić information content (AvgIpc) is 3.09. The Kier molecular flexibility index (Phi) is 6.04. The van der Waals surface area contributed by atoms with Crippen LogP contribution in [0.2, 0.25) is 0 Å². The standard InChI is InChI=1S/C25H21N3O5S/c1-14-12-17(15(2)27(14)18-6-4-16(5-7-18)24(31)32)13-21-22(29)26-25(34)28(23(21)30)19-8-10-20(33-3)11-9-19/h4-13H,1-3H3,(H,31,32)(H,26,29,34)/b21-13+. The molecule has 34 heavy (non-hydrogen) atoms. The van der Waals surface area contributed by atoms with E-state index in [1.807, 2.05) is 24.5 Å². The van der Waals surface area contributed by atoms with Crippen molar-refractivity contribution >= 4 is 46.9 Å². The Labute approximate surface area is 201 Å². The number of carboxylic acids is 1. The second-order valence-corrected chi connectivity index (χ2v) is 8.06. The number of amides is 2. The van der Waals surface area contributed by atoms with Crippen molar-refractivity contribution in [2.75, 3.05) is 12.0 Å².